The van der Waals surface area contributed by atoms with Gasteiger partial charge in [-0.2, -0.15) is 0 Å². The summed E-state index contributed by atoms with van der Waals surface area (Å²) in [5, 5.41) is 2.90. The van der Waals surface area contributed by atoms with Gasteiger partial charge in [-0.3, -0.25) is 14.9 Å². The molecule has 0 atom stereocenters. The van der Waals surface area contributed by atoms with Crippen molar-refractivity contribution in [2.24, 2.45) is 0 Å². The van der Waals surface area contributed by atoms with E-state index in [0.717, 1.165) is 0 Å². The third-order valence-corrected chi connectivity index (χ3v) is 5.41. The average molecular weight is 463 g/mol. The van der Waals surface area contributed by atoms with Crippen LogP contribution < -0.4 is 25.0 Å². The summed E-state index contributed by atoms with van der Waals surface area (Å²) in [7, 11) is 4.37. The zero-order chi connectivity index (χ0) is 24.4. The Hall–Kier alpha value is -4.33. The maximum atomic E-state index is 14.2. The highest BCUT2D eigenvalue weighted by molar-refractivity contribution is 6.06. The minimum atomic E-state index is -0.761. The second-order valence-corrected chi connectivity index (χ2v) is 7.43. The Morgan fingerprint density at radius 2 is 1.62 bits per heavy atom. The molecule has 0 saturated heterocycles. The van der Waals surface area contributed by atoms with Gasteiger partial charge in [0.05, 0.1) is 37.8 Å². The average Bonchev–Trinajstić information content (AvgIpc) is 2.84. The van der Waals surface area contributed by atoms with Crippen molar-refractivity contribution in [1.82, 2.24) is 0 Å². The number of carbonyl (C=O) groups is 1. The third kappa shape index (κ3) is 3.94. The van der Waals surface area contributed by atoms with Crippen molar-refractivity contribution in [2.75, 3.05) is 26.6 Å². The van der Waals surface area contributed by atoms with Gasteiger partial charge in [-0.1, -0.05) is 24.3 Å². The van der Waals surface area contributed by atoms with E-state index >= 15 is 0 Å². The summed E-state index contributed by atoms with van der Waals surface area (Å²) in [5.74, 6) is -0.628. The minimum absolute atomic E-state index is 0.0574. The van der Waals surface area contributed by atoms with Gasteiger partial charge in [0.2, 0.25) is 17.1 Å². The van der Waals surface area contributed by atoms with Crippen LogP contribution in [0.2, 0.25) is 0 Å². The maximum absolute atomic E-state index is 14.2. The van der Waals surface area contributed by atoms with E-state index in [2.05, 4.69) is 5.32 Å². The molecule has 7 nitrogen and oxygen atoms in total. The minimum Gasteiger partial charge on any atom is -0.493 e. The lowest BCUT2D eigenvalue weighted by atomic mass is 10.0. The zero-order valence-electron chi connectivity index (χ0n) is 19.0. The van der Waals surface area contributed by atoms with E-state index in [1.165, 1.54) is 39.5 Å². The normalized spacial score (nSPS) is 10.7. The van der Waals surface area contributed by atoms with Crippen molar-refractivity contribution in [2.45, 2.75) is 6.92 Å². The fraction of sp³-hybridized carbons (Fsp3) is 0.154. The lowest BCUT2D eigenvalue weighted by Gasteiger charge is -2.16. The van der Waals surface area contributed by atoms with Crippen molar-refractivity contribution < 1.29 is 27.8 Å². The monoisotopic (exact) mass is 463 g/mol. The number of nitrogens with one attached hydrogen (secondary N) is 1. The number of carbonyl (C=O) groups excluding carboxylic acids is 1. The molecule has 1 amide bonds. The molecule has 3 aromatic carbocycles. The number of hydrogen-bond acceptors (Lipinski definition) is 6. The predicted molar refractivity (Wildman–Crippen MR) is 127 cm³/mol. The number of fused-ring (bicyclic) bond motifs is 1. The lowest BCUT2D eigenvalue weighted by Crippen LogP contribution is -2.17. The lowest BCUT2D eigenvalue weighted by molar-refractivity contribution is 0.102. The van der Waals surface area contributed by atoms with Crippen LogP contribution in [0.5, 0.6) is 17.2 Å². The molecule has 0 radical (unpaired) electrons. The van der Waals surface area contributed by atoms with Crippen molar-refractivity contribution in [3.05, 3.63) is 81.8 Å². The molecule has 1 aromatic heterocycles. The Labute approximate surface area is 194 Å². The van der Waals surface area contributed by atoms with Crippen molar-refractivity contribution in [3.8, 4) is 28.4 Å². The van der Waals surface area contributed by atoms with E-state index in [0.29, 0.717) is 39.3 Å². The number of ether oxygens (including phenoxy) is 3. The van der Waals surface area contributed by atoms with Crippen LogP contribution in [-0.4, -0.2) is 27.2 Å². The van der Waals surface area contributed by atoms with E-state index in [1.807, 2.05) is 0 Å². The highest BCUT2D eigenvalue weighted by Crippen LogP contribution is 2.42. The quantitative estimate of drug-likeness (QED) is 0.424. The largest absolute Gasteiger partial charge is 0.493 e. The first-order valence-electron chi connectivity index (χ1n) is 10.3. The Morgan fingerprint density at radius 1 is 0.941 bits per heavy atom. The summed E-state index contributed by atoms with van der Waals surface area (Å²) in [6.45, 7) is 1.78. The first-order chi connectivity index (χ1) is 16.4. The van der Waals surface area contributed by atoms with Crippen LogP contribution in [0, 0.1) is 12.7 Å². The van der Waals surface area contributed by atoms with Gasteiger partial charge < -0.3 is 18.6 Å². The molecule has 0 fully saturated rings. The Balaban J connectivity index is 2.00. The number of halogens is 1. The third-order valence-electron chi connectivity index (χ3n) is 5.41. The van der Waals surface area contributed by atoms with E-state index < -0.39 is 11.7 Å². The summed E-state index contributed by atoms with van der Waals surface area (Å²) in [6.07, 6.45) is 0. The standard InChI is InChI=1S/C26H22FNO6/c1-14-8-7-10-17-22(29)21(15-12-19(31-2)24(33-4)20(13-15)32-3)26(34-23(14)17)28-25(30)16-9-5-6-11-18(16)27/h5-13H,1-4H3,(H,28,30). The van der Waals surface area contributed by atoms with Gasteiger partial charge in [0.15, 0.2) is 11.5 Å². The second kappa shape index (κ2) is 9.27. The van der Waals surface area contributed by atoms with E-state index in [9.17, 15) is 14.0 Å². The molecule has 174 valence electrons. The van der Waals surface area contributed by atoms with Crippen LogP contribution in [0.1, 0.15) is 15.9 Å². The van der Waals surface area contributed by atoms with Crippen LogP contribution in [-0.2, 0) is 0 Å². The smallest absolute Gasteiger partial charge is 0.260 e. The fourth-order valence-corrected chi connectivity index (χ4v) is 3.75. The molecule has 0 aliphatic rings. The molecular formula is C26H22FNO6. The summed E-state index contributed by atoms with van der Waals surface area (Å²) in [5.41, 5.74) is 0.853. The van der Waals surface area contributed by atoms with Crippen LogP contribution in [0.4, 0.5) is 10.3 Å². The summed E-state index contributed by atoms with van der Waals surface area (Å²) < 4.78 is 36.5. The molecule has 0 aliphatic carbocycles. The Morgan fingerprint density at radius 3 is 2.24 bits per heavy atom. The topological polar surface area (TPSA) is 87.0 Å². The SMILES string of the molecule is COc1cc(-c2c(NC(=O)c3ccccc3F)oc3c(C)cccc3c2=O)cc(OC)c1OC. The number of hydrogen-bond donors (Lipinski definition) is 1. The molecule has 34 heavy (non-hydrogen) atoms. The van der Waals surface area contributed by atoms with Crippen LogP contribution in [0.3, 0.4) is 0 Å². The van der Waals surface area contributed by atoms with Crippen LogP contribution >= 0.6 is 0 Å². The van der Waals surface area contributed by atoms with E-state index in [4.69, 9.17) is 18.6 Å². The number of methoxy groups -OCH3 is 3. The second-order valence-electron chi connectivity index (χ2n) is 7.43. The molecule has 4 rings (SSSR count). The van der Waals surface area contributed by atoms with Crippen LogP contribution in [0.15, 0.2) is 63.8 Å². The first-order valence-corrected chi connectivity index (χ1v) is 10.3. The van der Waals surface area contributed by atoms with Gasteiger partial charge in [-0.05, 0) is 48.4 Å². The number of amides is 1. The Bertz CT molecular complexity index is 1430. The molecule has 0 bridgehead atoms. The van der Waals surface area contributed by atoms with Crippen molar-refractivity contribution in [3.63, 3.8) is 0 Å². The fourth-order valence-electron chi connectivity index (χ4n) is 3.75. The number of aryl methyl sites for hydroxylation is 1. The van der Waals surface area contributed by atoms with Gasteiger partial charge in [0, 0.05) is 0 Å². The number of para-hydroxylation sites is 1. The Kier molecular flexibility index (Phi) is 6.23. The molecule has 8 heteroatoms. The van der Waals surface area contributed by atoms with Gasteiger partial charge in [-0.15, -0.1) is 0 Å². The van der Waals surface area contributed by atoms with E-state index in [-0.39, 0.29) is 22.4 Å². The van der Waals surface area contributed by atoms with E-state index in [1.54, 1.807) is 43.3 Å². The summed E-state index contributed by atoms with van der Waals surface area (Å²) >= 11 is 0. The number of benzene rings is 3. The molecule has 1 N–H and O–H groups in total. The molecular weight excluding hydrogens is 441 g/mol. The van der Waals surface area contributed by atoms with Gasteiger partial charge in [-0.25, -0.2) is 4.39 Å². The highest BCUT2D eigenvalue weighted by atomic mass is 19.1. The molecule has 0 saturated carbocycles. The number of anilines is 1. The number of rotatable bonds is 6. The van der Waals surface area contributed by atoms with Crippen molar-refractivity contribution in [1.29, 1.82) is 0 Å². The first kappa shape index (κ1) is 22.8. The zero-order valence-corrected chi connectivity index (χ0v) is 19.0. The predicted octanol–water partition coefficient (Wildman–Crippen LogP) is 5.19. The summed E-state index contributed by atoms with van der Waals surface area (Å²) in [6, 6.07) is 13.9. The molecule has 1 heterocycles. The van der Waals surface area contributed by atoms with Gasteiger partial charge >= 0.3 is 0 Å². The van der Waals surface area contributed by atoms with Gasteiger partial charge in [0.25, 0.3) is 5.91 Å². The molecule has 0 spiro atoms. The molecule has 4 aromatic rings. The molecule has 0 unspecified atom stereocenters. The van der Waals surface area contributed by atoms with Gasteiger partial charge in [0.1, 0.15) is 11.4 Å². The van der Waals surface area contributed by atoms with Crippen LogP contribution in [0.25, 0.3) is 22.1 Å². The highest BCUT2D eigenvalue weighted by Gasteiger charge is 2.23. The van der Waals surface area contributed by atoms with Crippen molar-refractivity contribution >= 4 is 22.8 Å². The molecule has 0 aliphatic heterocycles. The summed E-state index contributed by atoms with van der Waals surface area (Å²) in [4.78, 5) is 26.6. The maximum Gasteiger partial charge on any atom is 0.260 e.